The molecule has 2 heterocycles. The smallest absolute Gasteiger partial charge is 0.304 e. The molecule has 2 aliphatic rings. The lowest BCUT2D eigenvalue weighted by molar-refractivity contribution is -0.137. The van der Waals surface area contributed by atoms with E-state index in [1.807, 2.05) is 11.3 Å². The standard InChI is InChI=1S/C14H21N3O2S/c18-13(19)5-6-16-7-9-17(10-8-16)14-15-11-3-1-2-4-12(11)20-14/h1-10H2,(H,18,19). The van der Waals surface area contributed by atoms with Gasteiger partial charge in [-0.1, -0.05) is 0 Å². The minimum absolute atomic E-state index is 0.242. The van der Waals surface area contributed by atoms with Gasteiger partial charge in [0.25, 0.3) is 0 Å². The molecule has 0 radical (unpaired) electrons. The highest BCUT2D eigenvalue weighted by atomic mass is 32.1. The van der Waals surface area contributed by atoms with Crippen LogP contribution < -0.4 is 4.90 Å². The summed E-state index contributed by atoms with van der Waals surface area (Å²) in [6.07, 6.45) is 5.16. The van der Waals surface area contributed by atoms with E-state index in [4.69, 9.17) is 10.1 Å². The van der Waals surface area contributed by atoms with Crippen LogP contribution in [0.5, 0.6) is 0 Å². The van der Waals surface area contributed by atoms with Crippen LogP contribution in [0.4, 0.5) is 5.13 Å². The Bertz CT molecular complexity index is 457. The Hall–Kier alpha value is -1.14. The summed E-state index contributed by atoms with van der Waals surface area (Å²) in [5.41, 5.74) is 1.32. The number of aryl methyl sites for hydroxylation is 2. The van der Waals surface area contributed by atoms with Crippen LogP contribution in [-0.2, 0) is 17.6 Å². The van der Waals surface area contributed by atoms with Gasteiger partial charge in [-0.15, -0.1) is 11.3 Å². The van der Waals surface area contributed by atoms with Gasteiger partial charge in [0.15, 0.2) is 5.13 Å². The van der Waals surface area contributed by atoms with Crippen molar-refractivity contribution >= 4 is 22.4 Å². The number of carbonyl (C=O) groups is 1. The summed E-state index contributed by atoms with van der Waals surface area (Å²) in [6, 6.07) is 0. The summed E-state index contributed by atoms with van der Waals surface area (Å²) in [4.78, 5) is 21.5. The summed E-state index contributed by atoms with van der Waals surface area (Å²) in [5.74, 6) is -0.708. The normalized spacial score (nSPS) is 19.9. The van der Waals surface area contributed by atoms with Crippen LogP contribution in [0.15, 0.2) is 0 Å². The minimum Gasteiger partial charge on any atom is -0.481 e. The van der Waals surface area contributed by atoms with Crippen LogP contribution in [-0.4, -0.2) is 53.7 Å². The van der Waals surface area contributed by atoms with E-state index in [9.17, 15) is 4.79 Å². The monoisotopic (exact) mass is 295 g/mol. The molecule has 0 unspecified atom stereocenters. The average Bonchev–Trinajstić information content (AvgIpc) is 2.89. The van der Waals surface area contributed by atoms with Crippen LogP contribution in [0, 0.1) is 0 Å². The third-order valence-corrected chi connectivity index (χ3v) is 5.34. The molecule has 0 spiro atoms. The molecule has 0 atom stereocenters. The summed E-state index contributed by atoms with van der Waals surface area (Å²) in [5, 5.41) is 9.90. The lowest BCUT2D eigenvalue weighted by Crippen LogP contribution is -2.46. The van der Waals surface area contributed by atoms with Crippen LogP contribution in [0.1, 0.15) is 29.8 Å². The maximum atomic E-state index is 10.6. The van der Waals surface area contributed by atoms with Crippen molar-refractivity contribution in [3.8, 4) is 0 Å². The quantitative estimate of drug-likeness (QED) is 0.915. The maximum absolute atomic E-state index is 10.6. The molecule has 110 valence electrons. The molecule has 1 aliphatic heterocycles. The summed E-state index contributed by atoms with van der Waals surface area (Å²) < 4.78 is 0. The van der Waals surface area contributed by atoms with E-state index in [-0.39, 0.29) is 6.42 Å². The molecule has 1 aromatic rings. The number of hydrogen-bond donors (Lipinski definition) is 1. The van der Waals surface area contributed by atoms with E-state index in [1.54, 1.807) is 0 Å². The molecule has 20 heavy (non-hydrogen) atoms. The number of aliphatic carboxylic acids is 1. The van der Waals surface area contributed by atoms with Crippen molar-refractivity contribution in [1.29, 1.82) is 0 Å². The van der Waals surface area contributed by atoms with Gasteiger partial charge in [-0.3, -0.25) is 9.69 Å². The predicted octanol–water partition coefficient (Wildman–Crippen LogP) is 1.62. The molecule has 6 heteroatoms. The van der Waals surface area contributed by atoms with E-state index >= 15 is 0 Å². The molecule has 1 N–H and O–H groups in total. The highest BCUT2D eigenvalue weighted by Crippen LogP contribution is 2.32. The Labute approximate surface area is 123 Å². The number of carboxylic acid groups (broad SMARTS) is 1. The zero-order valence-electron chi connectivity index (χ0n) is 11.7. The van der Waals surface area contributed by atoms with Gasteiger partial charge in [0.2, 0.25) is 0 Å². The van der Waals surface area contributed by atoms with E-state index in [2.05, 4.69) is 9.80 Å². The SMILES string of the molecule is O=C(O)CCN1CCN(c2nc3c(s2)CCCC3)CC1. The first-order chi connectivity index (χ1) is 9.72. The van der Waals surface area contributed by atoms with Gasteiger partial charge in [0, 0.05) is 37.6 Å². The Morgan fingerprint density at radius 2 is 1.95 bits per heavy atom. The highest BCUT2D eigenvalue weighted by molar-refractivity contribution is 7.15. The molecular weight excluding hydrogens is 274 g/mol. The highest BCUT2D eigenvalue weighted by Gasteiger charge is 2.22. The molecule has 0 aromatic carbocycles. The molecule has 1 aliphatic carbocycles. The average molecular weight is 295 g/mol. The van der Waals surface area contributed by atoms with Gasteiger partial charge in [0.1, 0.15) is 0 Å². The summed E-state index contributed by atoms with van der Waals surface area (Å²) in [6.45, 7) is 4.48. The maximum Gasteiger partial charge on any atom is 0.304 e. The van der Waals surface area contributed by atoms with Gasteiger partial charge in [0.05, 0.1) is 12.1 Å². The number of hydrogen-bond acceptors (Lipinski definition) is 5. The van der Waals surface area contributed by atoms with E-state index in [0.29, 0.717) is 6.54 Å². The van der Waals surface area contributed by atoms with Crippen molar-refractivity contribution in [1.82, 2.24) is 9.88 Å². The molecule has 5 nitrogen and oxygen atoms in total. The van der Waals surface area contributed by atoms with Crippen molar-refractivity contribution < 1.29 is 9.90 Å². The van der Waals surface area contributed by atoms with Crippen LogP contribution in [0.3, 0.4) is 0 Å². The number of aromatic nitrogens is 1. The molecule has 0 amide bonds. The van der Waals surface area contributed by atoms with Gasteiger partial charge in [-0.2, -0.15) is 0 Å². The van der Waals surface area contributed by atoms with Crippen LogP contribution in [0.2, 0.25) is 0 Å². The largest absolute Gasteiger partial charge is 0.481 e. The lowest BCUT2D eigenvalue weighted by Gasteiger charge is -2.34. The fourth-order valence-corrected chi connectivity index (χ4v) is 4.09. The third kappa shape index (κ3) is 3.12. The van der Waals surface area contributed by atoms with Gasteiger partial charge in [-0.25, -0.2) is 4.98 Å². The molecule has 0 bridgehead atoms. The molecule has 1 aromatic heterocycles. The minimum atomic E-state index is -0.708. The van der Waals surface area contributed by atoms with Gasteiger partial charge >= 0.3 is 5.97 Å². The van der Waals surface area contributed by atoms with E-state index in [0.717, 1.165) is 32.6 Å². The fraction of sp³-hybridized carbons (Fsp3) is 0.714. The number of piperazine rings is 1. The first-order valence-corrected chi connectivity index (χ1v) is 8.22. The Kier molecular flexibility index (Phi) is 4.21. The van der Waals surface area contributed by atoms with Gasteiger partial charge in [-0.05, 0) is 25.7 Å². The molecule has 1 fully saturated rings. The number of carboxylic acids is 1. The predicted molar refractivity (Wildman–Crippen MR) is 79.7 cm³/mol. The summed E-state index contributed by atoms with van der Waals surface area (Å²) in [7, 11) is 0. The zero-order valence-corrected chi connectivity index (χ0v) is 12.5. The molecule has 0 saturated carbocycles. The lowest BCUT2D eigenvalue weighted by atomic mass is 10.0. The fourth-order valence-electron chi connectivity index (χ4n) is 2.89. The second kappa shape index (κ2) is 6.10. The van der Waals surface area contributed by atoms with Crippen LogP contribution >= 0.6 is 11.3 Å². The zero-order chi connectivity index (χ0) is 13.9. The molecule has 3 rings (SSSR count). The van der Waals surface area contributed by atoms with E-state index < -0.39 is 5.97 Å². The van der Waals surface area contributed by atoms with Gasteiger partial charge < -0.3 is 10.0 Å². The number of anilines is 1. The second-order valence-electron chi connectivity index (χ2n) is 5.55. The van der Waals surface area contributed by atoms with Crippen molar-refractivity contribution in [2.45, 2.75) is 32.1 Å². The van der Waals surface area contributed by atoms with E-state index in [1.165, 1.54) is 35.0 Å². The van der Waals surface area contributed by atoms with Crippen LogP contribution in [0.25, 0.3) is 0 Å². The molecule has 1 saturated heterocycles. The first-order valence-electron chi connectivity index (χ1n) is 7.40. The van der Waals surface area contributed by atoms with Crippen molar-refractivity contribution in [3.05, 3.63) is 10.6 Å². The number of fused-ring (bicyclic) bond motifs is 1. The Morgan fingerprint density at radius 1 is 1.20 bits per heavy atom. The first kappa shape index (κ1) is 13.8. The number of nitrogens with zero attached hydrogens (tertiary/aromatic N) is 3. The topological polar surface area (TPSA) is 56.7 Å². The van der Waals surface area contributed by atoms with Crippen molar-refractivity contribution in [2.75, 3.05) is 37.6 Å². The summed E-state index contributed by atoms with van der Waals surface area (Å²) >= 11 is 1.86. The molecular formula is C14H21N3O2S. The number of thiazole rings is 1. The second-order valence-corrected chi connectivity index (χ2v) is 6.61. The Morgan fingerprint density at radius 3 is 2.65 bits per heavy atom. The third-order valence-electron chi connectivity index (χ3n) is 4.12. The van der Waals surface area contributed by atoms with Crippen molar-refractivity contribution in [3.63, 3.8) is 0 Å². The number of rotatable bonds is 4. The Balaban J connectivity index is 1.55. The van der Waals surface area contributed by atoms with Crippen molar-refractivity contribution in [2.24, 2.45) is 0 Å².